The van der Waals surface area contributed by atoms with Crippen LogP contribution in [0, 0.1) is 0 Å². The molecule has 2 rings (SSSR count). The summed E-state index contributed by atoms with van der Waals surface area (Å²) in [5, 5.41) is 10.8. The fraction of sp³-hybridized carbons (Fsp3) is 0.417. The summed E-state index contributed by atoms with van der Waals surface area (Å²) < 4.78 is 21.5. The molecule has 1 heterocycles. The Morgan fingerprint density at radius 3 is 2.89 bits per heavy atom. The van der Waals surface area contributed by atoms with Crippen molar-refractivity contribution in [1.29, 1.82) is 0 Å². The lowest BCUT2D eigenvalue weighted by atomic mass is 10.0. The number of nitrogens with two attached hydrogens (primary N) is 1. The van der Waals surface area contributed by atoms with Gasteiger partial charge in [0.25, 0.3) is 0 Å². The molecule has 0 saturated carbocycles. The number of primary sulfonamides is 1. The van der Waals surface area contributed by atoms with E-state index in [1.165, 1.54) is 0 Å². The van der Waals surface area contributed by atoms with Crippen molar-refractivity contribution in [3.63, 3.8) is 0 Å². The van der Waals surface area contributed by atoms with Crippen molar-refractivity contribution in [3.05, 3.63) is 29.8 Å². The van der Waals surface area contributed by atoms with Gasteiger partial charge in [-0.05, 0) is 18.1 Å². The molecule has 1 unspecified atom stereocenters. The number of para-hydroxylation sites is 1. The fourth-order valence-corrected chi connectivity index (χ4v) is 2.67. The van der Waals surface area contributed by atoms with Crippen LogP contribution < -0.4 is 15.8 Å². The van der Waals surface area contributed by atoms with Crippen LogP contribution in [0.3, 0.4) is 0 Å². The third kappa shape index (κ3) is 3.68. The summed E-state index contributed by atoms with van der Waals surface area (Å²) in [5.41, 5.74) is 1.96. The standard InChI is InChI=1S/C12H17N3O3S/c13-19(17,18)7-3-6-14-12(16)10-8-15-11-5-2-1-4-9(10)11/h1-2,4-5,10,15H,3,6-8H2,(H,14,16)(H2,13,17,18). The molecule has 0 saturated heterocycles. The molecule has 4 N–H and O–H groups in total. The van der Waals surface area contributed by atoms with Crippen LogP contribution in [-0.4, -0.2) is 33.2 Å². The lowest BCUT2D eigenvalue weighted by Crippen LogP contribution is -2.32. The van der Waals surface area contributed by atoms with Crippen molar-refractivity contribution in [1.82, 2.24) is 5.32 Å². The van der Waals surface area contributed by atoms with E-state index in [0.717, 1.165) is 11.3 Å². The Hall–Kier alpha value is -1.60. The zero-order chi connectivity index (χ0) is 13.9. The number of amides is 1. The maximum absolute atomic E-state index is 12.0. The van der Waals surface area contributed by atoms with Crippen LogP contribution in [0.15, 0.2) is 24.3 Å². The first-order valence-electron chi connectivity index (χ1n) is 6.08. The van der Waals surface area contributed by atoms with E-state index >= 15 is 0 Å². The van der Waals surface area contributed by atoms with E-state index in [9.17, 15) is 13.2 Å². The van der Waals surface area contributed by atoms with E-state index in [2.05, 4.69) is 10.6 Å². The summed E-state index contributed by atoms with van der Waals surface area (Å²) in [6.45, 7) is 0.883. The number of fused-ring (bicyclic) bond motifs is 1. The molecule has 0 aromatic heterocycles. The second-order valence-electron chi connectivity index (χ2n) is 4.53. The Morgan fingerprint density at radius 1 is 1.42 bits per heavy atom. The molecular formula is C12H17N3O3S. The summed E-state index contributed by atoms with van der Waals surface area (Å²) in [6.07, 6.45) is 0.326. The maximum atomic E-state index is 12.0. The van der Waals surface area contributed by atoms with Crippen molar-refractivity contribution < 1.29 is 13.2 Å². The van der Waals surface area contributed by atoms with Gasteiger partial charge in [0.15, 0.2) is 0 Å². The molecule has 1 aromatic rings. The molecule has 1 aromatic carbocycles. The number of rotatable bonds is 5. The van der Waals surface area contributed by atoms with E-state index in [1.807, 2.05) is 24.3 Å². The molecule has 0 fully saturated rings. The fourth-order valence-electron chi connectivity index (χ4n) is 2.13. The first-order valence-corrected chi connectivity index (χ1v) is 7.80. The molecule has 6 nitrogen and oxygen atoms in total. The van der Waals surface area contributed by atoms with Crippen molar-refractivity contribution in [2.45, 2.75) is 12.3 Å². The number of benzene rings is 1. The van der Waals surface area contributed by atoms with E-state index in [1.54, 1.807) is 0 Å². The average Bonchev–Trinajstić information content (AvgIpc) is 2.77. The van der Waals surface area contributed by atoms with Gasteiger partial charge in [-0.2, -0.15) is 0 Å². The van der Waals surface area contributed by atoms with Crippen LogP contribution in [0.4, 0.5) is 5.69 Å². The van der Waals surface area contributed by atoms with Gasteiger partial charge in [0.05, 0.1) is 11.7 Å². The van der Waals surface area contributed by atoms with E-state index in [0.29, 0.717) is 19.5 Å². The van der Waals surface area contributed by atoms with Gasteiger partial charge in [-0.1, -0.05) is 18.2 Å². The molecule has 0 bridgehead atoms. The Balaban J connectivity index is 1.85. The number of nitrogens with one attached hydrogen (secondary N) is 2. The number of carbonyl (C=O) groups is 1. The van der Waals surface area contributed by atoms with Crippen LogP contribution in [0.25, 0.3) is 0 Å². The van der Waals surface area contributed by atoms with Crippen LogP contribution in [-0.2, 0) is 14.8 Å². The first kappa shape index (κ1) is 13.8. The summed E-state index contributed by atoms with van der Waals surface area (Å²) >= 11 is 0. The van der Waals surface area contributed by atoms with Crippen LogP contribution in [0.2, 0.25) is 0 Å². The zero-order valence-corrected chi connectivity index (χ0v) is 11.2. The number of carbonyl (C=O) groups excluding carboxylic acids is 1. The van der Waals surface area contributed by atoms with Gasteiger partial charge in [-0.3, -0.25) is 4.79 Å². The lowest BCUT2D eigenvalue weighted by molar-refractivity contribution is -0.122. The minimum Gasteiger partial charge on any atom is -0.384 e. The zero-order valence-electron chi connectivity index (χ0n) is 10.4. The molecule has 19 heavy (non-hydrogen) atoms. The summed E-state index contributed by atoms with van der Waals surface area (Å²) in [7, 11) is -3.45. The topological polar surface area (TPSA) is 101 Å². The Kier molecular flexibility index (Phi) is 4.06. The molecule has 1 atom stereocenters. The van der Waals surface area contributed by atoms with Crippen molar-refractivity contribution >= 4 is 21.6 Å². The normalized spacial score (nSPS) is 17.6. The number of hydrogen-bond acceptors (Lipinski definition) is 4. The highest BCUT2D eigenvalue weighted by Gasteiger charge is 2.27. The molecule has 7 heteroatoms. The van der Waals surface area contributed by atoms with Gasteiger partial charge in [-0.15, -0.1) is 0 Å². The average molecular weight is 283 g/mol. The van der Waals surface area contributed by atoms with Gasteiger partial charge in [0.1, 0.15) is 0 Å². The highest BCUT2D eigenvalue weighted by Crippen LogP contribution is 2.30. The quantitative estimate of drug-likeness (QED) is 0.661. The van der Waals surface area contributed by atoms with Crippen LogP contribution in [0.5, 0.6) is 0 Å². The van der Waals surface area contributed by atoms with Crippen molar-refractivity contribution in [2.75, 3.05) is 24.2 Å². The molecule has 1 aliphatic rings. The molecule has 1 amide bonds. The highest BCUT2D eigenvalue weighted by atomic mass is 32.2. The van der Waals surface area contributed by atoms with Crippen molar-refractivity contribution in [3.8, 4) is 0 Å². The molecular weight excluding hydrogens is 266 g/mol. The Morgan fingerprint density at radius 2 is 2.16 bits per heavy atom. The number of sulfonamides is 1. The second kappa shape index (κ2) is 5.58. The SMILES string of the molecule is NS(=O)(=O)CCCNC(=O)C1CNc2ccccc21. The largest absolute Gasteiger partial charge is 0.384 e. The summed E-state index contributed by atoms with van der Waals surface area (Å²) in [4.78, 5) is 12.0. The third-order valence-electron chi connectivity index (χ3n) is 3.05. The predicted molar refractivity (Wildman–Crippen MR) is 73.3 cm³/mol. The van der Waals surface area contributed by atoms with E-state index < -0.39 is 10.0 Å². The smallest absolute Gasteiger partial charge is 0.229 e. The molecule has 0 aliphatic carbocycles. The van der Waals surface area contributed by atoms with Gasteiger partial charge in [-0.25, -0.2) is 13.6 Å². The van der Waals surface area contributed by atoms with E-state index in [4.69, 9.17) is 5.14 Å². The molecule has 0 spiro atoms. The molecule has 0 radical (unpaired) electrons. The third-order valence-corrected chi connectivity index (χ3v) is 3.91. The molecule has 104 valence electrons. The maximum Gasteiger partial charge on any atom is 0.229 e. The van der Waals surface area contributed by atoms with Gasteiger partial charge < -0.3 is 10.6 Å². The number of hydrogen-bond donors (Lipinski definition) is 3. The minimum absolute atomic E-state index is 0.0909. The van der Waals surface area contributed by atoms with Gasteiger partial charge >= 0.3 is 0 Å². The predicted octanol–water partition coefficient (Wildman–Crippen LogP) is -0.00950. The van der Waals surface area contributed by atoms with E-state index in [-0.39, 0.29) is 17.6 Å². The summed E-state index contributed by atoms with van der Waals surface area (Å²) in [5.74, 6) is -0.426. The van der Waals surface area contributed by atoms with Gasteiger partial charge in [0.2, 0.25) is 15.9 Å². The molecule has 1 aliphatic heterocycles. The van der Waals surface area contributed by atoms with Crippen LogP contribution >= 0.6 is 0 Å². The number of anilines is 1. The first-order chi connectivity index (χ1) is 8.97. The van der Waals surface area contributed by atoms with Crippen LogP contribution in [0.1, 0.15) is 17.9 Å². The Labute approximate surface area is 112 Å². The van der Waals surface area contributed by atoms with Gasteiger partial charge in [0, 0.05) is 18.8 Å². The lowest BCUT2D eigenvalue weighted by Gasteiger charge is -2.10. The second-order valence-corrected chi connectivity index (χ2v) is 6.27. The minimum atomic E-state index is -3.45. The monoisotopic (exact) mass is 283 g/mol. The van der Waals surface area contributed by atoms with Crippen molar-refractivity contribution in [2.24, 2.45) is 5.14 Å². The Bertz CT molecular complexity index is 571. The highest BCUT2D eigenvalue weighted by molar-refractivity contribution is 7.89. The summed E-state index contributed by atoms with van der Waals surface area (Å²) in [6, 6.07) is 7.67.